The summed E-state index contributed by atoms with van der Waals surface area (Å²) in [6.45, 7) is 5.26. The van der Waals surface area contributed by atoms with E-state index in [1.807, 2.05) is 6.07 Å². The number of hydrogen-bond donors (Lipinski definition) is 0. The average Bonchev–Trinajstić information content (AvgIpc) is 2.64. The first kappa shape index (κ1) is 12.2. The molecule has 1 aromatic rings. The van der Waals surface area contributed by atoms with Crippen LogP contribution in [0.25, 0.3) is 0 Å². The van der Waals surface area contributed by atoms with E-state index in [1.54, 1.807) is 0 Å². The van der Waals surface area contributed by atoms with E-state index in [9.17, 15) is 4.79 Å². The van der Waals surface area contributed by atoms with E-state index in [0.717, 1.165) is 19.4 Å². The SMILES string of the molecule is CCCCN1C(=O)C[C@@H](c2ccccc2)[C@@H]1C. The van der Waals surface area contributed by atoms with Crippen LogP contribution in [0.5, 0.6) is 0 Å². The van der Waals surface area contributed by atoms with Crippen molar-refractivity contribution in [2.75, 3.05) is 6.54 Å². The number of hydrogen-bond acceptors (Lipinski definition) is 1. The van der Waals surface area contributed by atoms with E-state index in [2.05, 4.69) is 43.0 Å². The topological polar surface area (TPSA) is 20.3 Å². The van der Waals surface area contributed by atoms with Crippen molar-refractivity contribution in [2.24, 2.45) is 0 Å². The second-order valence-electron chi connectivity index (χ2n) is 4.90. The highest BCUT2D eigenvalue weighted by Gasteiger charge is 2.36. The van der Waals surface area contributed by atoms with Crippen molar-refractivity contribution in [3.8, 4) is 0 Å². The Morgan fingerprint density at radius 2 is 2.00 bits per heavy atom. The van der Waals surface area contributed by atoms with Gasteiger partial charge >= 0.3 is 0 Å². The van der Waals surface area contributed by atoms with E-state index < -0.39 is 0 Å². The van der Waals surface area contributed by atoms with Gasteiger partial charge in [0.05, 0.1) is 0 Å². The standard InChI is InChI=1S/C15H21NO/c1-3-4-10-16-12(2)14(11-15(16)17)13-8-6-5-7-9-13/h5-9,12,14H,3-4,10-11H2,1-2H3/t12-,14+/m0/s1. The van der Waals surface area contributed by atoms with E-state index >= 15 is 0 Å². The minimum atomic E-state index is 0.319. The lowest BCUT2D eigenvalue weighted by Gasteiger charge is -2.24. The zero-order valence-electron chi connectivity index (χ0n) is 10.7. The Balaban J connectivity index is 2.10. The molecule has 0 bridgehead atoms. The molecule has 0 spiro atoms. The van der Waals surface area contributed by atoms with Crippen LogP contribution in [0.3, 0.4) is 0 Å². The zero-order chi connectivity index (χ0) is 12.3. The van der Waals surface area contributed by atoms with Gasteiger partial charge in [-0.15, -0.1) is 0 Å². The van der Waals surface area contributed by atoms with Crippen molar-refractivity contribution < 1.29 is 4.79 Å². The molecule has 1 fully saturated rings. The molecule has 0 N–H and O–H groups in total. The molecule has 0 aromatic heterocycles. The second kappa shape index (κ2) is 5.35. The van der Waals surface area contributed by atoms with Gasteiger partial charge in [-0.25, -0.2) is 0 Å². The summed E-state index contributed by atoms with van der Waals surface area (Å²) in [4.78, 5) is 14.1. The summed E-state index contributed by atoms with van der Waals surface area (Å²) < 4.78 is 0. The van der Waals surface area contributed by atoms with Crippen LogP contribution in [0.2, 0.25) is 0 Å². The molecule has 92 valence electrons. The summed E-state index contributed by atoms with van der Waals surface area (Å²) >= 11 is 0. The third kappa shape index (κ3) is 2.51. The van der Waals surface area contributed by atoms with Gasteiger partial charge in [-0.1, -0.05) is 43.7 Å². The van der Waals surface area contributed by atoms with Crippen LogP contribution in [0, 0.1) is 0 Å². The molecule has 0 aliphatic carbocycles. The molecular weight excluding hydrogens is 210 g/mol. The smallest absolute Gasteiger partial charge is 0.223 e. The average molecular weight is 231 g/mol. The van der Waals surface area contributed by atoms with Crippen LogP contribution in [-0.4, -0.2) is 23.4 Å². The lowest BCUT2D eigenvalue weighted by molar-refractivity contribution is -0.128. The van der Waals surface area contributed by atoms with Crippen LogP contribution in [-0.2, 0) is 4.79 Å². The molecule has 2 atom stereocenters. The summed E-state index contributed by atoms with van der Waals surface area (Å²) in [6.07, 6.45) is 2.93. The molecule has 1 saturated heterocycles. The molecule has 17 heavy (non-hydrogen) atoms. The van der Waals surface area contributed by atoms with Gasteiger partial charge in [0.2, 0.25) is 5.91 Å². The summed E-state index contributed by atoms with van der Waals surface area (Å²) in [7, 11) is 0. The minimum absolute atomic E-state index is 0.319. The Kier molecular flexibility index (Phi) is 3.82. The maximum Gasteiger partial charge on any atom is 0.223 e. The number of carbonyl (C=O) groups is 1. The maximum absolute atomic E-state index is 12.0. The maximum atomic E-state index is 12.0. The van der Waals surface area contributed by atoms with Gasteiger partial charge < -0.3 is 4.90 Å². The molecule has 0 saturated carbocycles. The summed E-state index contributed by atoms with van der Waals surface area (Å²) in [6, 6.07) is 10.8. The van der Waals surface area contributed by atoms with Crippen LogP contribution in [0.1, 0.15) is 44.6 Å². The van der Waals surface area contributed by atoms with E-state index in [-0.39, 0.29) is 0 Å². The van der Waals surface area contributed by atoms with Crippen molar-refractivity contribution >= 4 is 5.91 Å². The summed E-state index contributed by atoms with van der Waals surface area (Å²) in [5, 5.41) is 0. The van der Waals surface area contributed by atoms with E-state index in [4.69, 9.17) is 0 Å². The largest absolute Gasteiger partial charge is 0.339 e. The third-order valence-electron chi connectivity index (χ3n) is 3.77. The molecule has 1 amide bonds. The molecule has 0 radical (unpaired) electrons. The number of unbranched alkanes of at least 4 members (excludes halogenated alkanes) is 1. The van der Waals surface area contributed by atoms with Crippen LogP contribution < -0.4 is 0 Å². The highest BCUT2D eigenvalue weighted by molar-refractivity contribution is 5.80. The van der Waals surface area contributed by atoms with Crippen molar-refractivity contribution in [2.45, 2.75) is 45.1 Å². The predicted molar refractivity (Wildman–Crippen MR) is 69.9 cm³/mol. The lowest BCUT2D eigenvalue weighted by Crippen LogP contribution is -2.33. The van der Waals surface area contributed by atoms with Gasteiger partial charge in [0.25, 0.3) is 0 Å². The molecule has 1 aliphatic heterocycles. The highest BCUT2D eigenvalue weighted by Crippen LogP contribution is 2.34. The fraction of sp³-hybridized carbons (Fsp3) is 0.533. The number of rotatable bonds is 4. The van der Waals surface area contributed by atoms with Gasteiger partial charge in [-0.05, 0) is 18.9 Å². The third-order valence-corrected chi connectivity index (χ3v) is 3.77. The first-order chi connectivity index (χ1) is 8.24. The number of likely N-dealkylation sites (tertiary alicyclic amines) is 1. The lowest BCUT2D eigenvalue weighted by atomic mass is 9.93. The Morgan fingerprint density at radius 1 is 1.29 bits per heavy atom. The number of nitrogens with zero attached hydrogens (tertiary/aromatic N) is 1. The van der Waals surface area contributed by atoms with Crippen LogP contribution >= 0.6 is 0 Å². The van der Waals surface area contributed by atoms with E-state index in [0.29, 0.717) is 24.3 Å². The van der Waals surface area contributed by atoms with Crippen molar-refractivity contribution in [1.29, 1.82) is 0 Å². The Morgan fingerprint density at radius 3 is 2.65 bits per heavy atom. The Hall–Kier alpha value is -1.31. The molecule has 2 heteroatoms. The predicted octanol–water partition coefficient (Wildman–Crippen LogP) is 3.19. The first-order valence-electron chi connectivity index (χ1n) is 6.58. The fourth-order valence-electron chi connectivity index (χ4n) is 2.67. The molecular formula is C15H21NO. The normalized spacial score (nSPS) is 24.4. The van der Waals surface area contributed by atoms with Gasteiger partial charge in [0, 0.05) is 24.9 Å². The minimum Gasteiger partial charge on any atom is -0.339 e. The van der Waals surface area contributed by atoms with Gasteiger partial charge in [0.15, 0.2) is 0 Å². The quantitative estimate of drug-likeness (QED) is 0.779. The molecule has 0 unspecified atom stereocenters. The molecule has 2 nitrogen and oxygen atoms in total. The molecule has 1 heterocycles. The van der Waals surface area contributed by atoms with Gasteiger partial charge in [-0.2, -0.15) is 0 Å². The monoisotopic (exact) mass is 231 g/mol. The highest BCUT2D eigenvalue weighted by atomic mass is 16.2. The zero-order valence-corrected chi connectivity index (χ0v) is 10.7. The molecule has 1 aromatic carbocycles. The van der Waals surface area contributed by atoms with Crippen molar-refractivity contribution in [3.63, 3.8) is 0 Å². The molecule has 2 rings (SSSR count). The fourth-order valence-corrected chi connectivity index (χ4v) is 2.67. The number of amides is 1. The summed E-state index contributed by atoms with van der Waals surface area (Å²) in [5.74, 6) is 0.695. The molecule has 1 aliphatic rings. The number of benzene rings is 1. The summed E-state index contributed by atoms with van der Waals surface area (Å²) in [5.41, 5.74) is 1.30. The van der Waals surface area contributed by atoms with E-state index in [1.165, 1.54) is 5.56 Å². The van der Waals surface area contributed by atoms with Crippen LogP contribution in [0.15, 0.2) is 30.3 Å². The van der Waals surface area contributed by atoms with Gasteiger partial charge in [-0.3, -0.25) is 4.79 Å². The first-order valence-corrected chi connectivity index (χ1v) is 6.58. The van der Waals surface area contributed by atoms with Crippen LogP contribution in [0.4, 0.5) is 0 Å². The van der Waals surface area contributed by atoms with Gasteiger partial charge in [0.1, 0.15) is 0 Å². The second-order valence-corrected chi connectivity index (χ2v) is 4.90. The Labute approximate surface area is 104 Å². The number of carbonyl (C=O) groups excluding carboxylic acids is 1. The Bertz CT molecular complexity index is 374. The van der Waals surface area contributed by atoms with Crippen molar-refractivity contribution in [3.05, 3.63) is 35.9 Å². The van der Waals surface area contributed by atoms with Crippen molar-refractivity contribution in [1.82, 2.24) is 4.90 Å².